The maximum absolute atomic E-state index is 13.5. The number of methoxy groups -OCH3 is 1. The zero-order valence-electron chi connectivity index (χ0n) is 21.9. The Hall–Kier alpha value is -2.76. The predicted molar refractivity (Wildman–Crippen MR) is 138 cm³/mol. The SMILES string of the molecule is CCCCCC(=O)N(CC(=O)N(Cc1cccn1Cc1cccc(OC)c1)C(C)CC)C(C)C. The second-order valence-corrected chi connectivity index (χ2v) is 9.33. The summed E-state index contributed by atoms with van der Waals surface area (Å²) in [4.78, 5) is 30.0. The lowest BCUT2D eigenvalue weighted by Crippen LogP contribution is -2.48. The maximum atomic E-state index is 13.5. The molecule has 0 aliphatic carbocycles. The molecule has 188 valence electrons. The number of unbranched alkanes of at least 4 members (excludes halogenated alkanes) is 2. The summed E-state index contributed by atoms with van der Waals surface area (Å²) in [7, 11) is 1.67. The van der Waals surface area contributed by atoms with Gasteiger partial charge in [0.15, 0.2) is 0 Å². The minimum Gasteiger partial charge on any atom is -0.497 e. The number of amides is 2. The molecule has 0 saturated carbocycles. The standard InChI is InChI=1S/C28H43N3O3/c1-7-9-10-16-27(32)30(22(3)4)21-28(33)31(23(5)8-2)20-25-14-12-17-29(25)19-24-13-11-15-26(18-24)34-6/h11-15,17-18,22-23H,7-10,16,19-21H2,1-6H3. The smallest absolute Gasteiger partial charge is 0.242 e. The molecule has 2 rings (SSSR count). The molecule has 2 aromatic rings. The molecular weight excluding hydrogens is 426 g/mol. The molecule has 1 atom stereocenters. The molecule has 0 saturated heterocycles. The van der Waals surface area contributed by atoms with Crippen molar-refractivity contribution in [3.8, 4) is 5.75 Å². The van der Waals surface area contributed by atoms with Gasteiger partial charge in [-0.15, -0.1) is 0 Å². The van der Waals surface area contributed by atoms with Crippen LogP contribution in [0.25, 0.3) is 0 Å². The minimum atomic E-state index is -0.00576. The van der Waals surface area contributed by atoms with Gasteiger partial charge in [0.25, 0.3) is 0 Å². The largest absolute Gasteiger partial charge is 0.497 e. The monoisotopic (exact) mass is 469 g/mol. The summed E-state index contributed by atoms with van der Waals surface area (Å²) < 4.78 is 7.53. The molecule has 0 aliphatic heterocycles. The number of hydrogen-bond acceptors (Lipinski definition) is 3. The quantitative estimate of drug-likeness (QED) is 0.344. The Bertz CT molecular complexity index is 906. The van der Waals surface area contributed by atoms with Crippen LogP contribution in [0.3, 0.4) is 0 Å². The average Bonchev–Trinajstić information content (AvgIpc) is 3.26. The lowest BCUT2D eigenvalue weighted by molar-refractivity contribution is -0.143. The third kappa shape index (κ3) is 7.93. The van der Waals surface area contributed by atoms with E-state index < -0.39 is 0 Å². The van der Waals surface area contributed by atoms with E-state index in [0.717, 1.165) is 42.7 Å². The molecule has 1 unspecified atom stereocenters. The van der Waals surface area contributed by atoms with Crippen LogP contribution in [0.2, 0.25) is 0 Å². The van der Waals surface area contributed by atoms with Gasteiger partial charge < -0.3 is 19.1 Å². The Balaban J connectivity index is 2.16. The van der Waals surface area contributed by atoms with Crippen LogP contribution in [0.5, 0.6) is 5.75 Å². The fourth-order valence-corrected chi connectivity index (χ4v) is 4.06. The van der Waals surface area contributed by atoms with E-state index in [1.165, 1.54) is 0 Å². The number of rotatable bonds is 14. The van der Waals surface area contributed by atoms with Gasteiger partial charge in [0.1, 0.15) is 5.75 Å². The number of nitrogens with zero attached hydrogens (tertiary/aromatic N) is 3. The van der Waals surface area contributed by atoms with Crippen molar-refractivity contribution in [2.24, 2.45) is 0 Å². The number of hydrogen-bond donors (Lipinski definition) is 0. The number of carbonyl (C=O) groups is 2. The fourth-order valence-electron chi connectivity index (χ4n) is 4.06. The highest BCUT2D eigenvalue weighted by molar-refractivity contribution is 5.85. The van der Waals surface area contributed by atoms with Gasteiger partial charge in [0.05, 0.1) is 20.2 Å². The van der Waals surface area contributed by atoms with Crippen molar-refractivity contribution >= 4 is 11.8 Å². The van der Waals surface area contributed by atoms with Crippen molar-refractivity contribution in [1.29, 1.82) is 0 Å². The third-order valence-corrected chi connectivity index (χ3v) is 6.43. The van der Waals surface area contributed by atoms with Crippen LogP contribution in [-0.4, -0.2) is 51.9 Å². The molecule has 0 radical (unpaired) electrons. The highest BCUT2D eigenvalue weighted by atomic mass is 16.5. The second kappa shape index (κ2) is 13.8. The second-order valence-electron chi connectivity index (χ2n) is 9.33. The normalized spacial score (nSPS) is 12.0. The summed E-state index contributed by atoms with van der Waals surface area (Å²) in [5.74, 6) is 0.906. The molecule has 2 amide bonds. The van der Waals surface area contributed by atoms with Crippen molar-refractivity contribution in [2.45, 2.75) is 91.9 Å². The maximum Gasteiger partial charge on any atom is 0.242 e. The van der Waals surface area contributed by atoms with Gasteiger partial charge in [-0.2, -0.15) is 0 Å². The summed E-state index contributed by atoms with van der Waals surface area (Å²) in [5, 5.41) is 0. The van der Waals surface area contributed by atoms with Crippen molar-refractivity contribution < 1.29 is 14.3 Å². The van der Waals surface area contributed by atoms with Gasteiger partial charge in [-0.1, -0.05) is 38.8 Å². The molecule has 6 nitrogen and oxygen atoms in total. The van der Waals surface area contributed by atoms with Gasteiger partial charge in [0, 0.05) is 36.9 Å². The van der Waals surface area contributed by atoms with Gasteiger partial charge in [-0.05, 0) is 63.4 Å². The van der Waals surface area contributed by atoms with E-state index in [0.29, 0.717) is 19.5 Å². The van der Waals surface area contributed by atoms with Gasteiger partial charge in [-0.25, -0.2) is 0 Å². The van der Waals surface area contributed by atoms with E-state index in [2.05, 4.69) is 37.5 Å². The van der Waals surface area contributed by atoms with Gasteiger partial charge in [0.2, 0.25) is 11.8 Å². The van der Waals surface area contributed by atoms with Crippen LogP contribution in [0, 0.1) is 0 Å². The van der Waals surface area contributed by atoms with Crippen molar-refractivity contribution in [3.63, 3.8) is 0 Å². The Morgan fingerprint density at radius 1 is 1.00 bits per heavy atom. The first-order valence-corrected chi connectivity index (χ1v) is 12.7. The Morgan fingerprint density at radius 3 is 2.41 bits per heavy atom. The lowest BCUT2D eigenvalue weighted by atomic mass is 10.1. The molecule has 0 fully saturated rings. The Kier molecular flexibility index (Phi) is 11.2. The third-order valence-electron chi connectivity index (χ3n) is 6.43. The van der Waals surface area contributed by atoms with Crippen LogP contribution in [0.4, 0.5) is 0 Å². The molecule has 0 bridgehead atoms. The molecule has 6 heteroatoms. The molecule has 1 heterocycles. The summed E-state index contributed by atoms with van der Waals surface area (Å²) in [5.41, 5.74) is 2.21. The molecule has 0 aliphatic rings. The Morgan fingerprint density at radius 2 is 1.76 bits per heavy atom. The van der Waals surface area contributed by atoms with E-state index in [9.17, 15) is 9.59 Å². The molecule has 34 heavy (non-hydrogen) atoms. The number of carbonyl (C=O) groups excluding carboxylic acids is 2. The predicted octanol–water partition coefficient (Wildman–Crippen LogP) is 5.49. The molecule has 1 aromatic carbocycles. The topological polar surface area (TPSA) is 54.8 Å². The summed E-state index contributed by atoms with van der Waals surface area (Å²) in [6.45, 7) is 11.6. The lowest BCUT2D eigenvalue weighted by Gasteiger charge is -2.33. The zero-order chi connectivity index (χ0) is 25.1. The van der Waals surface area contributed by atoms with E-state index in [4.69, 9.17) is 4.74 Å². The first-order chi connectivity index (χ1) is 16.3. The average molecular weight is 470 g/mol. The van der Waals surface area contributed by atoms with Crippen molar-refractivity contribution in [2.75, 3.05) is 13.7 Å². The number of ether oxygens (including phenoxy) is 1. The summed E-state index contributed by atoms with van der Waals surface area (Å²) in [6.07, 6.45) is 6.39. The first-order valence-electron chi connectivity index (χ1n) is 12.7. The highest BCUT2D eigenvalue weighted by Gasteiger charge is 2.26. The van der Waals surface area contributed by atoms with E-state index in [-0.39, 0.29) is 30.4 Å². The summed E-state index contributed by atoms with van der Waals surface area (Å²) >= 11 is 0. The number of benzene rings is 1. The van der Waals surface area contributed by atoms with E-state index in [1.54, 1.807) is 12.0 Å². The van der Waals surface area contributed by atoms with E-state index in [1.807, 2.05) is 49.2 Å². The van der Waals surface area contributed by atoms with Crippen LogP contribution < -0.4 is 4.74 Å². The number of aromatic nitrogens is 1. The van der Waals surface area contributed by atoms with Crippen LogP contribution in [-0.2, 0) is 22.7 Å². The van der Waals surface area contributed by atoms with Gasteiger partial charge >= 0.3 is 0 Å². The van der Waals surface area contributed by atoms with Gasteiger partial charge in [-0.3, -0.25) is 9.59 Å². The van der Waals surface area contributed by atoms with E-state index >= 15 is 0 Å². The fraction of sp³-hybridized carbons (Fsp3) is 0.571. The minimum absolute atomic E-state index is 0.000946. The molecule has 0 N–H and O–H groups in total. The van der Waals surface area contributed by atoms with Crippen LogP contribution in [0.1, 0.15) is 78.0 Å². The zero-order valence-corrected chi connectivity index (χ0v) is 21.9. The summed E-state index contributed by atoms with van der Waals surface area (Å²) in [6, 6.07) is 12.2. The molecular formula is C28H43N3O3. The van der Waals surface area contributed by atoms with Crippen LogP contribution in [0.15, 0.2) is 42.6 Å². The first kappa shape index (κ1) is 27.5. The molecule has 0 spiro atoms. The molecule has 1 aromatic heterocycles. The van der Waals surface area contributed by atoms with Crippen molar-refractivity contribution in [1.82, 2.24) is 14.4 Å². The van der Waals surface area contributed by atoms with Crippen LogP contribution >= 0.6 is 0 Å². The highest BCUT2D eigenvalue weighted by Crippen LogP contribution is 2.18. The van der Waals surface area contributed by atoms with Crippen molar-refractivity contribution in [3.05, 3.63) is 53.9 Å². The Labute approximate surface area is 205 Å².